The number of hydrogen-bond donors (Lipinski definition) is 0. The predicted molar refractivity (Wildman–Crippen MR) is 352 cm³/mol. The molecule has 0 saturated heterocycles. The fraction of sp³-hybridized carbons (Fsp3) is 0.560. The minimum Gasteiger partial charge on any atom is -0.462 e. The van der Waals surface area contributed by atoms with Gasteiger partial charge in [-0.1, -0.05) is 274 Å². The second kappa shape index (κ2) is 67.0. The van der Waals surface area contributed by atoms with Gasteiger partial charge in [0.05, 0.1) is 0 Å². The third-order valence-electron chi connectivity index (χ3n) is 12.9. The summed E-state index contributed by atoms with van der Waals surface area (Å²) in [7, 11) is 0. The molecule has 0 N–H and O–H groups in total. The molecule has 0 saturated carbocycles. The fourth-order valence-corrected chi connectivity index (χ4v) is 8.14. The molecule has 0 spiro atoms. The van der Waals surface area contributed by atoms with E-state index in [0.717, 1.165) is 167 Å². The standard InChI is InChI=1S/C75H116O6/c1-4-7-10-13-16-18-20-22-24-26-28-30-32-34-35-36-37-38-39-41-42-44-46-48-50-52-54-56-59-62-65-68-74(77)80-71-72(70-79-73(76)67-64-61-58-15-12-9-6-3)81-75(78)69-66-63-60-57-55-53-51-49-47-45-43-40-33-31-29-27-25-23-21-19-17-14-11-8-5-2/h7-8,10-11,16-19,22-25,28-31,34-35,37-38,40-43,46-49,53,55,72H,4-6,9,12-15,20-21,26-27,32-33,36,39,44-45,50-52,54,56-71H2,1-3H3/b10-7-,11-8-,18-16-,19-17-,24-22-,25-23-,30-28-,31-29-,35-34-,38-37-,42-41-,43-40-,48-46-,49-47-,55-53-. The van der Waals surface area contributed by atoms with E-state index >= 15 is 0 Å². The molecule has 0 amide bonds. The van der Waals surface area contributed by atoms with E-state index in [1.807, 2.05) is 0 Å². The number of hydrogen-bond acceptors (Lipinski definition) is 6. The van der Waals surface area contributed by atoms with Crippen LogP contribution in [-0.4, -0.2) is 37.2 Å². The lowest BCUT2D eigenvalue weighted by molar-refractivity contribution is -0.167. The normalized spacial score (nSPS) is 13.4. The van der Waals surface area contributed by atoms with E-state index < -0.39 is 6.10 Å². The molecule has 0 fully saturated rings. The monoisotopic (exact) mass is 1110 g/mol. The van der Waals surface area contributed by atoms with Crippen LogP contribution in [0.25, 0.3) is 0 Å². The van der Waals surface area contributed by atoms with Crippen LogP contribution in [0.15, 0.2) is 182 Å². The SMILES string of the molecule is CC/C=C\C/C=C\C/C=C\C/C=C\C/C=C\C/C=C\C/C=C\C/C=C\CCCCCCCCC(=O)OCC(COC(=O)CCCCCCCCC)OC(=O)CCCCC/C=C\C/C=C\C/C=C\C/C=C\C/C=C\C/C=C\C/C=C\CC. The van der Waals surface area contributed by atoms with Crippen molar-refractivity contribution in [3.8, 4) is 0 Å². The first-order valence-corrected chi connectivity index (χ1v) is 32.3. The molecule has 452 valence electrons. The van der Waals surface area contributed by atoms with Gasteiger partial charge in [0.25, 0.3) is 0 Å². The van der Waals surface area contributed by atoms with Crippen LogP contribution in [0.3, 0.4) is 0 Å². The third kappa shape index (κ3) is 65.2. The first-order chi connectivity index (χ1) is 40.0. The molecule has 81 heavy (non-hydrogen) atoms. The Labute approximate surface area is 497 Å². The molecule has 0 aliphatic heterocycles. The molecule has 0 heterocycles. The minimum atomic E-state index is -0.810. The second-order valence-electron chi connectivity index (χ2n) is 20.6. The molecule has 1 unspecified atom stereocenters. The predicted octanol–water partition coefficient (Wildman–Crippen LogP) is 22.4. The number of ether oxygens (including phenoxy) is 3. The second-order valence-corrected chi connectivity index (χ2v) is 20.6. The summed E-state index contributed by atoms with van der Waals surface area (Å²) in [4.78, 5) is 38.1. The summed E-state index contributed by atoms with van der Waals surface area (Å²) >= 11 is 0. The van der Waals surface area contributed by atoms with Crippen molar-refractivity contribution in [3.05, 3.63) is 182 Å². The van der Waals surface area contributed by atoms with Crippen LogP contribution >= 0.6 is 0 Å². The van der Waals surface area contributed by atoms with Crippen LogP contribution in [0.1, 0.15) is 252 Å². The Kier molecular flexibility index (Phi) is 62.5. The van der Waals surface area contributed by atoms with E-state index in [4.69, 9.17) is 14.2 Å². The molecule has 0 aliphatic carbocycles. The number of carbonyl (C=O) groups is 3. The van der Waals surface area contributed by atoms with Crippen LogP contribution in [-0.2, 0) is 28.6 Å². The molecule has 0 aromatic heterocycles. The van der Waals surface area contributed by atoms with E-state index in [-0.39, 0.29) is 37.5 Å². The van der Waals surface area contributed by atoms with Crippen molar-refractivity contribution in [2.45, 2.75) is 258 Å². The van der Waals surface area contributed by atoms with Gasteiger partial charge in [0.15, 0.2) is 6.10 Å². The zero-order valence-electron chi connectivity index (χ0n) is 51.7. The van der Waals surface area contributed by atoms with Crippen LogP contribution in [0, 0.1) is 0 Å². The smallest absolute Gasteiger partial charge is 0.306 e. The molecular weight excluding hydrogens is 997 g/mol. The molecule has 0 radical (unpaired) electrons. The van der Waals surface area contributed by atoms with Gasteiger partial charge in [-0.2, -0.15) is 0 Å². The van der Waals surface area contributed by atoms with Crippen LogP contribution in [0.5, 0.6) is 0 Å². The highest BCUT2D eigenvalue weighted by atomic mass is 16.6. The van der Waals surface area contributed by atoms with Crippen molar-refractivity contribution in [1.29, 1.82) is 0 Å². The van der Waals surface area contributed by atoms with Crippen LogP contribution in [0.2, 0.25) is 0 Å². The Balaban J connectivity index is 4.29. The largest absolute Gasteiger partial charge is 0.462 e. The van der Waals surface area contributed by atoms with Crippen LogP contribution < -0.4 is 0 Å². The van der Waals surface area contributed by atoms with Crippen molar-refractivity contribution in [2.75, 3.05) is 13.2 Å². The number of carbonyl (C=O) groups excluding carboxylic acids is 3. The maximum absolute atomic E-state index is 12.9. The molecule has 0 aromatic carbocycles. The minimum absolute atomic E-state index is 0.104. The van der Waals surface area contributed by atoms with Gasteiger partial charge in [-0.15, -0.1) is 0 Å². The topological polar surface area (TPSA) is 78.9 Å². The van der Waals surface area contributed by atoms with Gasteiger partial charge >= 0.3 is 17.9 Å². The number of rotatable bonds is 56. The molecule has 6 nitrogen and oxygen atoms in total. The van der Waals surface area contributed by atoms with Gasteiger partial charge in [-0.25, -0.2) is 0 Å². The maximum Gasteiger partial charge on any atom is 0.306 e. The van der Waals surface area contributed by atoms with Gasteiger partial charge in [-0.05, 0) is 141 Å². The number of allylic oxidation sites excluding steroid dienone is 30. The summed E-state index contributed by atoms with van der Waals surface area (Å²) in [5, 5.41) is 0. The number of esters is 3. The van der Waals surface area contributed by atoms with E-state index in [9.17, 15) is 14.4 Å². The van der Waals surface area contributed by atoms with Crippen molar-refractivity contribution >= 4 is 17.9 Å². The van der Waals surface area contributed by atoms with Gasteiger partial charge in [0, 0.05) is 19.3 Å². The Bertz CT molecular complexity index is 1900. The fourth-order valence-electron chi connectivity index (χ4n) is 8.14. The number of unbranched alkanes of at least 4 members (excludes halogenated alkanes) is 15. The maximum atomic E-state index is 12.9. The van der Waals surface area contributed by atoms with Gasteiger partial charge in [0.1, 0.15) is 13.2 Å². The molecule has 0 rings (SSSR count). The highest BCUT2D eigenvalue weighted by Crippen LogP contribution is 2.13. The van der Waals surface area contributed by atoms with E-state index in [1.165, 1.54) is 38.5 Å². The van der Waals surface area contributed by atoms with Crippen LogP contribution in [0.4, 0.5) is 0 Å². The van der Waals surface area contributed by atoms with Crippen molar-refractivity contribution < 1.29 is 28.6 Å². The lowest BCUT2D eigenvalue weighted by Crippen LogP contribution is -2.30. The summed E-state index contributed by atoms with van der Waals surface area (Å²) in [6.07, 6.45) is 101. The molecule has 1 atom stereocenters. The lowest BCUT2D eigenvalue weighted by Gasteiger charge is -2.18. The van der Waals surface area contributed by atoms with Gasteiger partial charge < -0.3 is 14.2 Å². The summed E-state index contributed by atoms with van der Waals surface area (Å²) in [5.74, 6) is -0.968. The highest BCUT2D eigenvalue weighted by molar-refractivity contribution is 5.71. The summed E-state index contributed by atoms with van der Waals surface area (Å²) in [6, 6.07) is 0. The Morgan fingerprint density at radius 2 is 0.481 bits per heavy atom. The molecule has 6 heteroatoms. The van der Waals surface area contributed by atoms with Gasteiger partial charge in [0.2, 0.25) is 0 Å². The third-order valence-corrected chi connectivity index (χ3v) is 12.9. The quantitative estimate of drug-likeness (QED) is 0.0261. The van der Waals surface area contributed by atoms with Crippen molar-refractivity contribution in [3.63, 3.8) is 0 Å². The summed E-state index contributed by atoms with van der Waals surface area (Å²) in [5.41, 5.74) is 0. The molecule has 0 aromatic rings. The zero-order chi connectivity index (χ0) is 58.5. The van der Waals surface area contributed by atoms with Crippen molar-refractivity contribution in [2.24, 2.45) is 0 Å². The molecule has 0 aliphatic rings. The van der Waals surface area contributed by atoms with Crippen molar-refractivity contribution in [1.82, 2.24) is 0 Å². The average molecular weight is 1110 g/mol. The van der Waals surface area contributed by atoms with E-state index in [2.05, 4.69) is 203 Å². The van der Waals surface area contributed by atoms with Gasteiger partial charge in [-0.3, -0.25) is 14.4 Å². The summed E-state index contributed by atoms with van der Waals surface area (Å²) < 4.78 is 16.8. The Morgan fingerprint density at radius 1 is 0.259 bits per heavy atom. The average Bonchev–Trinajstić information content (AvgIpc) is 3.46. The zero-order valence-corrected chi connectivity index (χ0v) is 51.7. The van der Waals surface area contributed by atoms with E-state index in [0.29, 0.717) is 19.3 Å². The molecular formula is C75H116O6. The summed E-state index contributed by atoms with van der Waals surface area (Å²) in [6.45, 7) is 6.31. The lowest BCUT2D eigenvalue weighted by atomic mass is 10.1. The highest BCUT2D eigenvalue weighted by Gasteiger charge is 2.19. The Morgan fingerprint density at radius 3 is 0.765 bits per heavy atom. The molecule has 0 bridgehead atoms. The Hall–Kier alpha value is -5.49. The first-order valence-electron chi connectivity index (χ1n) is 32.3. The first kappa shape index (κ1) is 75.5. The van der Waals surface area contributed by atoms with E-state index in [1.54, 1.807) is 0 Å².